The predicted octanol–water partition coefficient (Wildman–Crippen LogP) is -2.14. The Balaban J connectivity index is 2.26. The number of carbonyl (C=O) groups excluding carboxylic acids is 1. The van der Waals surface area contributed by atoms with Gasteiger partial charge < -0.3 is 20.1 Å². The van der Waals surface area contributed by atoms with Crippen LogP contribution < -0.4 is 0 Å². The van der Waals surface area contributed by atoms with E-state index in [9.17, 15) is 15.0 Å². The van der Waals surface area contributed by atoms with Gasteiger partial charge in [-0.1, -0.05) is 0 Å². The van der Waals surface area contributed by atoms with Gasteiger partial charge in [0.25, 0.3) is 0 Å². The van der Waals surface area contributed by atoms with Gasteiger partial charge in [-0.2, -0.15) is 0 Å². The van der Waals surface area contributed by atoms with E-state index in [2.05, 4.69) is 4.74 Å². The fourth-order valence-corrected chi connectivity index (χ4v) is 1.58. The molecule has 2 fully saturated rings. The highest BCUT2D eigenvalue weighted by Gasteiger charge is 2.53. The van der Waals surface area contributed by atoms with Crippen molar-refractivity contribution in [3.05, 3.63) is 0 Å². The Hall–Kier alpha value is -0.850. The molecule has 68 valence electrons. The zero-order valence-electron chi connectivity index (χ0n) is 6.12. The molecule has 2 aliphatic heterocycles. The summed E-state index contributed by atoms with van der Waals surface area (Å²) in [5.41, 5.74) is 0. The zero-order valence-corrected chi connectivity index (χ0v) is 6.12. The number of rotatable bonds is 0. The van der Waals surface area contributed by atoms with Crippen LogP contribution >= 0.6 is 0 Å². The maximum atomic E-state index is 10.9. The highest BCUT2D eigenvalue weighted by Crippen LogP contribution is 2.28. The van der Waals surface area contributed by atoms with Crippen molar-refractivity contribution in [1.29, 1.82) is 0 Å². The summed E-state index contributed by atoms with van der Waals surface area (Å²) >= 11 is 0. The van der Waals surface area contributed by atoms with Gasteiger partial charge in [-0.15, -0.1) is 0 Å². The van der Waals surface area contributed by atoms with E-state index >= 15 is 0 Å². The summed E-state index contributed by atoms with van der Waals surface area (Å²) in [6.07, 6.45) is -4.45. The normalized spacial score (nSPS) is 46.2. The summed E-state index contributed by atoms with van der Waals surface area (Å²) in [7, 11) is 0. The first-order valence-electron chi connectivity index (χ1n) is 3.62. The van der Waals surface area contributed by atoms with Gasteiger partial charge >= 0.3 is 6.09 Å². The van der Waals surface area contributed by atoms with Crippen molar-refractivity contribution in [2.24, 2.45) is 0 Å². The molecule has 0 spiro atoms. The Morgan fingerprint density at radius 3 is 2.58 bits per heavy atom. The SMILES string of the molecule is O=C1OC[C@H]2[C@@H](O)[C@H](O)C(O)N12. The summed E-state index contributed by atoms with van der Waals surface area (Å²) in [5.74, 6) is 0. The van der Waals surface area contributed by atoms with Gasteiger partial charge in [0.1, 0.15) is 24.9 Å². The molecule has 0 saturated carbocycles. The third kappa shape index (κ3) is 0.767. The minimum absolute atomic E-state index is 0.0219. The molecule has 0 aliphatic carbocycles. The average Bonchev–Trinajstić information content (AvgIpc) is 2.51. The number of aliphatic hydroxyl groups excluding tert-OH is 3. The molecule has 4 atom stereocenters. The summed E-state index contributed by atoms with van der Waals surface area (Å²) in [6, 6.07) is -0.609. The quantitative estimate of drug-likeness (QED) is 0.391. The molecule has 0 aromatic carbocycles. The van der Waals surface area contributed by atoms with Crippen molar-refractivity contribution in [2.45, 2.75) is 24.5 Å². The lowest BCUT2D eigenvalue weighted by Crippen LogP contribution is -2.38. The van der Waals surface area contributed by atoms with Crippen LogP contribution in [0, 0.1) is 0 Å². The Labute approximate surface area is 68.0 Å². The van der Waals surface area contributed by atoms with Gasteiger partial charge in [0.05, 0.1) is 0 Å². The molecule has 1 amide bonds. The van der Waals surface area contributed by atoms with E-state index < -0.39 is 30.6 Å². The third-order valence-corrected chi connectivity index (χ3v) is 2.28. The van der Waals surface area contributed by atoms with Crippen LogP contribution in [0.1, 0.15) is 0 Å². The first-order chi connectivity index (χ1) is 5.63. The van der Waals surface area contributed by atoms with E-state index in [4.69, 9.17) is 5.11 Å². The number of cyclic esters (lactones) is 1. The molecule has 2 saturated heterocycles. The van der Waals surface area contributed by atoms with E-state index in [0.29, 0.717) is 0 Å². The largest absolute Gasteiger partial charge is 0.447 e. The summed E-state index contributed by atoms with van der Waals surface area (Å²) < 4.78 is 4.56. The van der Waals surface area contributed by atoms with Crippen LogP contribution in [0.25, 0.3) is 0 Å². The van der Waals surface area contributed by atoms with Crippen molar-refractivity contribution in [2.75, 3.05) is 6.61 Å². The van der Waals surface area contributed by atoms with Gasteiger partial charge in [0.2, 0.25) is 0 Å². The van der Waals surface area contributed by atoms with Crippen LogP contribution in [0.5, 0.6) is 0 Å². The van der Waals surface area contributed by atoms with E-state index in [1.54, 1.807) is 0 Å². The third-order valence-electron chi connectivity index (χ3n) is 2.28. The van der Waals surface area contributed by atoms with E-state index in [-0.39, 0.29) is 6.61 Å². The molecule has 1 unspecified atom stereocenters. The monoisotopic (exact) mass is 175 g/mol. The Bertz CT molecular complexity index is 220. The van der Waals surface area contributed by atoms with Crippen LogP contribution in [-0.4, -0.2) is 57.4 Å². The zero-order chi connectivity index (χ0) is 8.88. The summed E-state index contributed by atoms with van der Waals surface area (Å²) in [4.78, 5) is 11.8. The average molecular weight is 175 g/mol. The first kappa shape index (κ1) is 7.78. The fourth-order valence-electron chi connectivity index (χ4n) is 1.58. The molecule has 2 heterocycles. The maximum Gasteiger partial charge on any atom is 0.412 e. The van der Waals surface area contributed by atoms with Crippen molar-refractivity contribution in [3.8, 4) is 0 Å². The van der Waals surface area contributed by atoms with Crippen LogP contribution in [0.4, 0.5) is 4.79 Å². The van der Waals surface area contributed by atoms with Crippen molar-refractivity contribution < 1.29 is 24.9 Å². The van der Waals surface area contributed by atoms with Crippen LogP contribution in [-0.2, 0) is 4.74 Å². The molecule has 3 N–H and O–H groups in total. The number of aliphatic hydroxyl groups is 3. The van der Waals surface area contributed by atoms with Crippen molar-refractivity contribution in [1.82, 2.24) is 4.90 Å². The number of nitrogens with zero attached hydrogens (tertiary/aromatic N) is 1. The fraction of sp³-hybridized carbons (Fsp3) is 0.833. The van der Waals surface area contributed by atoms with Gasteiger partial charge in [-0.3, -0.25) is 4.90 Å². The highest BCUT2D eigenvalue weighted by atomic mass is 16.6. The van der Waals surface area contributed by atoms with E-state index in [1.807, 2.05) is 0 Å². The molecule has 2 aliphatic rings. The first-order valence-corrected chi connectivity index (χ1v) is 3.62. The smallest absolute Gasteiger partial charge is 0.412 e. The number of ether oxygens (including phenoxy) is 1. The van der Waals surface area contributed by atoms with Gasteiger partial charge in [0, 0.05) is 0 Å². The van der Waals surface area contributed by atoms with Crippen LogP contribution in [0.15, 0.2) is 0 Å². The molecule has 2 rings (SSSR count). The second-order valence-corrected chi connectivity index (χ2v) is 2.95. The molecule has 6 nitrogen and oxygen atoms in total. The number of hydrogen-bond acceptors (Lipinski definition) is 5. The second-order valence-electron chi connectivity index (χ2n) is 2.95. The Morgan fingerprint density at radius 2 is 2.00 bits per heavy atom. The molecular formula is C6H9NO5. The van der Waals surface area contributed by atoms with Crippen molar-refractivity contribution in [3.63, 3.8) is 0 Å². The molecular weight excluding hydrogens is 166 g/mol. The molecule has 0 aromatic heterocycles. The van der Waals surface area contributed by atoms with E-state index in [0.717, 1.165) is 4.90 Å². The summed E-state index contributed by atoms with van der Waals surface area (Å²) in [6.45, 7) is 0.0219. The maximum absolute atomic E-state index is 10.9. The Kier molecular flexibility index (Phi) is 1.50. The van der Waals surface area contributed by atoms with Crippen molar-refractivity contribution >= 4 is 6.09 Å². The lowest BCUT2D eigenvalue weighted by molar-refractivity contribution is -0.0497. The van der Waals surface area contributed by atoms with Gasteiger partial charge in [-0.05, 0) is 0 Å². The molecule has 0 aromatic rings. The summed E-state index contributed by atoms with van der Waals surface area (Å²) in [5, 5.41) is 27.6. The molecule has 12 heavy (non-hydrogen) atoms. The number of hydrogen-bond donors (Lipinski definition) is 3. The van der Waals surface area contributed by atoms with Crippen LogP contribution in [0.2, 0.25) is 0 Å². The minimum atomic E-state index is -1.35. The Morgan fingerprint density at radius 1 is 1.33 bits per heavy atom. The van der Waals surface area contributed by atoms with Crippen LogP contribution in [0.3, 0.4) is 0 Å². The van der Waals surface area contributed by atoms with E-state index in [1.165, 1.54) is 0 Å². The minimum Gasteiger partial charge on any atom is -0.447 e. The highest BCUT2D eigenvalue weighted by molar-refractivity contribution is 5.71. The lowest BCUT2D eigenvalue weighted by atomic mass is 10.1. The molecule has 6 heteroatoms. The number of fused-ring (bicyclic) bond motifs is 1. The number of amides is 1. The lowest BCUT2D eigenvalue weighted by Gasteiger charge is -2.15. The predicted molar refractivity (Wildman–Crippen MR) is 35.0 cm³/mol. The molecule has 0 bridgehead atoms. The second kappa shape index (κ2) is 2.32. The molecule has 0 radical (unpaired) electrons. The number of carbonyl (C=O) groups is 1. The van der Waals surface area contributed by atoms with Gasteiger partial charge in [0.15, 0.2) is 6.23 Å². The standard InChI is InChI=1S/C6H9NO5/c8-3-2-1-12-6(11)7(2)5(10)4(3)9/h2-5,8-10H,1H2/t2-,3+,4-,5?/m0/s1. The topological polar surface area (TPSA) is 90.2 Å². The van der Waals surface area contributed by atoms with Gasteiger partial charge in [-0.25, -0.2) is 4.79 Å².